The van der Waals surface area contributed by atoms with Crippen molar-refractivity contribution in [2.75, 3.05) is 6.54 Å². The summed E-state index contributed by atoms with van der Waals surface area (Å²) < 4.78 is 1.93. The van der Waals surface area contributed by atoms with Crippen molar-refractivity contribution in [1.82, 2.24) is 15.1 Å². The van der Waals surface area contributed by atoms with Crippen LogP contribution in [0.5, 0.6) is 0 Å². The molecule has 0 unspecified atom stereocenters. The van der Waals surface area contributed by atoms with Gasteiger partial charge in [-0.05, 0) is 25.5 Å². The maximum Gasteiger partial charge on any atom is 0.0492 e. The quantitative estimate of drug-likeness (QED) is 0.875. The van der Waals surface area contributed by atoms with Crippen LogP contribution in [0.2, 0.25) is 0 Å². The molecule has 1 aromatic heterocycles. The van der Waals surface area contributed by atoms with E-state index >= 15 is 0 Å². The predicted molar refractivity (Wildman–Crippen MR) is 74.5 cm³/mol. The highest BCUT2D eigenvalue weighted by Crippen LogP contribution is 2.13. The maximum atomic E-state index is 4.17. The highest BCUT2D eigenvalue weighted by atomic mass is 15.3. The van der Waals surface area contributed by atoms with Gasteiger partial charge in [0.15, 0.2) is 0 Å². The van der Waals surface area contributed by atoms with E-state index in [2.05, 4.69) is 54.6 Å². The molecule has 2 rings (SSSR count). The van der Waals surface area contributed by atoms with Crippen molar-refractivity contribution >= 4 is 0 Å². The Kier molecular flexibility index (Phi) is 4.15. The Balaban J connectivity index is 1.85. The third-order valence-corrected chi connectivity index (χ3v) is 3.30. The lowest BCUT2D eigenvalue weighted by molar-refractivity contribution is 0.564. The fourth-order valence-corrected chi connectivity index (χ4v) is 2.12. The lowest BCUT2D eigenvalue weighted by Gasteiger charge is -2.14. The summed E-state index contributed by atoms with van der Waals surface area (Å²) in [7, 11) is 1.99. The van der Waals surface area contributed by atoms with Crippen LogP contribution >= 0.6 is 0 Å². The number of hydrogen-bond acceptors (Lipinski definition) is 2. The van der Waals surface area contributed by atoms with Crippen molar-refractivity contribution < 1.29 is 0 Å². The molecule has 18 heavy (non-hydrogen) atoms. The molecule has 0 saturated carbocycles. The van der Waals surface area contributed by atoms with E-state index in [-0.39, 0.29) is 0 Å². The van der Waals surface area contributed by atoms with Crippen LogP contribution in [0, 0.1) is 6.92 Å². The zero-order chi connectivity index (χ0) is 13.0. The van der Waals surface area contributed by atoms with Crippen molar-refractivity contribution in [1.29, 1.82) is 0 Å². The van der Waals surface area contributed by atoms with Gasteiger partial charge in [-0.25, -0.2) is 0 Å². The molecular weight excluding hydrogens is 222 g/mol. The van der Waals surface area contributed by atoms with Gasteiger partial charge in [0, 0.05) is 37.9 Å². The van der Waals surface area contributed by atoms with Gasteiger partial charge >= 0.3 is 0 Å². The molecule has 0 bridgehead atoms. The molecule has 0 radical (unpaired) electrons. The second-order valence-corrected chi connectivity index (χ2v) is 4.79. The molecule has 96 valence electrons. The molecule has 3 nitrogen and oxygen atoms in total. The van der Waals surface area contributed by atoms with Crippen molar-refractivity contribution in [3.05, 3.63) is 53.3 Å². The lowest BCUT2D eigenvalue weighted by atomic mass is 10.1. The largest absolute Gasteiger partial charge is 0.310 e. The van der Waals surface area contributed by atoms with Gasteiger partial charge in [-0.1, -0.05) is 29.8 Å². The van der Waals surface area contributed by atoms with Gasteiger partial charge in [0.1, 0.15) is 0 Å². The lowest BCUT2D eigenvalue weighted by Crippen LogP contribution is -2.22. The van der Waals surface area contributed by atoms with E-state index in [4.69, 9.17) is 0 Å². The van der Waals surface area contributed by atoms with Crippen LogP contribution in [-0.4, -0.2) is 16.3 Å². The summed E-state index contributed by atoms with van der Waals surface area (Å²) >= 11 is 0. The Morgan fingerprint density at radius 1 is 1.33 bits per heavy atom. The summed E-state index contributed by atoms with van der Waals surface area (Å²) in [4.78, 5) is 0. The molecule has 1 atom stereocenters. The first-order valence-corrected chi connectivity index (χ1v) is 6.43. The van der Waals surface area contributed by atoms with Gasteiger partial charge in [-0.2, -0.15) is 5.10 Å². The standard InChI is InChI=1S/C15H21N3/c1-12-5-4-6-14(11-12)13(2)16-9-7-15-8-10-17-18(15)3/h4-6,8,10-11,13,16H,7,9H2,1-3H3/t13-/m0/s1. The summed E-state index contributed by atoms with van der Waals surface area (Å²) in [5, 5.41) is 7.72. The Morgan fingerprint density at radius 3 is 2.83 bits per heavy atom. The first-order valence-electron chi connectivity index (χ1n) is 6.43. The third-order valence-electron chi connectivity index (χ3n) is 3.30. The zero-order valence-corrected chi connectivity index (χ0v) is 11.4. The van der Waals surface area contributed by atoms with Crippen molar-refractivity contribution in [2.45, 2.75) is 26.3 Å². The number of benzene rings is 1. The molecule has 3 heteroatoms. The Morgan fingerprint density at radius 2 is 2.17 bits per heavy atom. The van der Waals surface area contributed by atoms with Gasteiger partial charge in [0.2, 0.25) is 0 Å². The zero-order valence-electron chi connectivity index (χ0n) is 11.4. The van der Waals surface area contributed by atoms with Crippen molar-refractivity contribution in [3.8, 4) is 0 Å². The Hall–Kier alpha value is -1.61. The molecular formula is C15H21N3. The van der Waals surface area contributed by atoms with Crippen LogP contribution in [0.3, 0.4) is 0 Å². The predicted octanol–water partition coefficient (Wildman–Crippen LogP) is 2.62. The molecule has 0 spiro atoms. The van der Waals surface area contributed by atoms with Gasteiger partial charge in [-0.15, -0.1) is 0 Å². The van der Waals surface area contributed by atoms with Crippen molar-refractivity contribution in [2.24, 2.45) is 7.05 Å². The second-order valence-electron chi connectivity index (χ2n) is 4.79. The minimum Gasteiger partial charge on any atom is -0.310 e. The number of hydrogen-bond donors (Lipinski definition) is 1. The van der Waals surface area contributed by atoms with Crippen LogP contribution in [-0.2, 0) is 13.5 Å². The monoisotopic (exact) mass is 243 g/mol. The molecule has 0 saturated heterocycles. The SMILES string of the molecule is Cc1cccc([C@H](C)NCCc2ccnn2C)c1. The fourth-order valence-electron chi connectivity index (χ4n) is 2.12. The second kappa shape index (κ2) is 5.83. The Labute approximate surface area is 109 Å². The van der Waals surface area contributed by atoms with E-state index in [1.54, 1.807) is 0 Å². The minimum atomic E-state index is 0.387. The first kappa shape index (κ1) is 12.8. The van der Waals surface area contributed by atoms with Crippen LogP contribution in [0.1, 0.15) is 29.8 Å². The normalized spacial score (nSPS) is 12.6. The summed E-state index contributed by atoms with van der Waals surface area (Å²) in [6.07, 6.45) is 2.85. The highest BCUT2D eigenvalue weighted by Gasteiger charge is 2.05. The molecule has 1 N–H and O–H groups in total. The molecule has 1 aromatic carbocycles. The van der Waals surface area contributed by atoms with E-state index in [0.29, 0.717) is 6.04 Å². The smallest absolute Gasteiger partial charge is 0.0492 e. The Bertz CT molecular complexity index is 502. The summed E-state index contributed by atoms with van der Waals surface area (Å²) in [5.74, 6) is 0. The molecule has 2 aromatic rings. The van der Waals surface area contributed by atoms with Crippen LogP contribution in [0.15, 0.2) is 36.5 Å². The van der Waals surface area contributed by atoms with Crippen LogP contribution in [0.25, 0.3) is 0 Å². The molecule has 0 amide bonds. The maximum absolute atomic E-state index is 4.17. The van der Waals surface area contributed by atoms with Crippen molar-refractivity contribution in [3.63, 3.8) is 0 Å². The molecule has 0 fully saturated rings. The minimum absolute atomic E-state index is 0.387. The van der Waals surface area contributed by atoms with Gasteiger partial charge in [0.25, 0.3) is 0 Å². The van der Waals surface area contributed by atoms with Crippen LogP contribution in [0.4, 0.5) is 0 Å². The van der Waals surface area contributed by atoms with E-state index in [1.165, 1.54) is 16.8 Å². The summed E-state index contributed by atoms with van der Waals surface area (Å²) in [6, 6.07) is 11.1. The van der Waals surface area contributed by atoms with Crippen LogP contribution < -0.4 is 5.32 Å². The number of nitrogens with zero attached hydrogens (tertiary/aromatic N) is 2. The molecule has 0 aliphatic heterocycles. The average Bonchev–Trinajstić information content (AvgIpc) is 2.75. The van der Waals surface area contributed by atoms with Gasteiger partial charge in [-0.3, -0.25) is 4.68 Å². The molecule has 1 heterocycles. The van der Waals surface area contributed by atoms with E-state index in [9.17, 15) is 0 Å². The number of aryl methyl sites for hydroxylation is 2. The number of nitrogens with one attached hydrogen (secondary N) is 1. The number of rotatable bonds is 5. The number of aromatic nitrogens is 2. The van der Waals surface area contributed by atoms with Gasteiger partial charge < -0.3 is 5.32 Å². The van der Waals surface area contributed by atoms with E-state index in [0.717, 1.165) is 13.0 Å². The first-order chi connectivity index (χ1) is 8.66. The highest BCUT2D eigenvalue weighted by molar-refractivity contribution is 5.24. The topological polar surface area (TPSA) is 29.9 Å². The van der Waals surface area contributed by atoms with Gasteiger partial charge in [0.05, 0.1) is 0 Å². The van der Waals surface area contributed by atoms with E-state index in [1.807, 2.05) is 17.9 Å². The summed E-state index contributed by atoms with van der Waals surface area (Å²) in [5.41, 5.74) is 3.92. The van der Waals surface area contributed by atoms with E-state index < -0.39 is 0 Å². The fraction of sp³-hybridized carbons (Fsp3) is 0.400. The molecule has 0 aliphatic carbocycles. The summed E-state index contributed by atoms with van der Waals surface area (Å²) in [6.45, 7) is 5.30. The molecule has 0 aliphatic rings. The average molecular weight is 243 g/mol. The third kappa shape index (κ3) is 3.20.